The molecule has 2 rings (SSSR count). The van der Waals surface area contributed by atoms with E-state index in [2.05, 4.69) is 30.8 Å². The Balaban J connectivity index is 1.88. The molecular formula is C14H26N4O. The van der Waals surface area contributed by atoms with Crippen LogP contribution in [0.2, 0.25) is 0 Å². The maximum Gasteiger partial charge on any atom is 0.0862 e. The molecule has 4 atom stereocenters. The lowest BCUT2D eigenvalue weighted by Gasteiger charge is -2.41. The van der Waals surface area contributed by atoms with Gasteiger partial charge < -0.3 is 10.8 Å². The highest BCUT2D eigenvalue weighted by Gasteiger charge is 2.29. The zero-order valence-electron chi connectivity index (χ0n) is 12.2. The molecule has 1 aliphatic heterocycles. The SMILES string of the molecule is CC1CC(C)C(C)N(CC(O)Cn2cc(N)cn2)C1. The fraction of sp³-hybridized carbons (Fsp3) is 0.786. The van der Waals surface area contributed by atoms with Crippen molar-refractivity contribution in [3.05, 3.63) is 12.4 Å². The lowest BCUT2D eigenvalue weighted by Crippen LogP contribution is -2.49. The highest BCUT2D eigenvalue weighted by atomic mass is 16.3. The van der Waals surface area contributed by atoms with Crippen LogP contribution in [0.1, 0.15) is 27.2 Å². The van der Waals surface area contributed by atoms with Gasteiger partial charge in [-0.1, -0.05) is 13.8 Å². The number of likely N-dealkylation sites (tertiary alicyclic amines) is 1. The van der Waals surface area contributed by atoms with E-state index in [1.165, 1.54) is 6.42 Å². The molecule has 5 nitrogen and oxygen atoms in total. The first kappa shape index (κ1) is 14.3. The Bertz CT molecular complexity index is 406. The molecule has 1 saturated heterocycles. The number of β-amino-alcohol motifs (C(OH)–C–C–N with tert-alkyl or cyclic N) is 1. The summed E-state index contributed by atoms with van der Waals surface area (Å²) in [4.78, 5) is 2.40. The fourth-order valence-electron chi connectivity index (χ4n) is 3.10. The van der Waals surface area contributed by atoms with E-state index >= 15 is 0 Å². The summed E-state index contributed by atoms with van der Waals surface area (Å²) >= 11 is 0. The van der Waals surface area contributed by atoms with Gasteiger partial charge in [0, 0.05) is 25.3 Å². The van der Waals surface area contributed by atoms with Gasteiger partial charge >= 0.3 is 0 Å². The summed E-state index contributed by atoms with van der Waals surface area (Å²) in [5.41, 5.74) is 6.26. The van der Waals surface area contributed by atoms with E-state index in [0.29, 0.717) is 36.7 Å². The third kappa shape index (κ3) is 3.70. The summed E-state index contributed by atoms with van der Waals surface area (Å²) in [6.07, 6.45) is 4.25. The first-order valence-corrected chi connectivity index (χ1v) is 7.15. The maximum atomic E-state index is 10.2. The number of nitrogens with zero attached hydrogens (tertiary/aromatic N) is 3. The molecule has 1 aromatic rings. The van der Waals surface area contributed by atoms with Crippen LogP contribution in [0.5, 0.6) is 0 Å². The molecule has 19 heavy (non-hydrogen) atoms. The molecule has 108 valence electrons. The lowest BCUT2D eigenvalue weighted by atomic mass is 9.86. The number of aliphatic hydroxyl groups excluding tert-OH is 1. The van der Waals surface area contributed by atoms with Crippen LogP contribution in [0, 0.1) is 11.8 Å². The van der Waals surface area contributed by atoms with Crippen molar-refractivity contribution in [3.8, 4) is 0 Å². The summed E-state index contributed by atoms with van der Waals surface area (Å²) in [7, 11) is 0. The maximum absolute atomic E-state index is 10.2. The molecular weight excluding hydrogens is 240 g/mol. The summed E-state index contributed by atoms with van der Waals surface area (Å²) in [5.74, 6) is 1.40. The Morgan fingerprint density at radius 3 is 2.79 bits per heavy atom. The number of anilines is 1. The van der Waals surface area contributed by atoms with E-state index < -0.39 is 6.10 Å². The second-order valence-electron chi connectivity index (χ2n) is 6.16. The highest BCUT2D eigenvalue weighted by molar-refractivity contribution is 5.30. The molecule has 2 heterocycles. The van der Waals surface area contributed by atoms with Gasteiger partial charge in [-0.05, 0) is 25.2 Å². The second-order valence-corrected chi connectivity index (χ2v) is 6.16. The lowest BCUT2D eigenvalue weighted by molar-refractivity contribution is 0.0252. The normalized spacial score (nSPS) is 30.4. The molecule has 0 bridgehead atoms. The molecule has 0 amide bonds. The largest absolute Gasteiger partial charge is 0.396 e. The van der Waals surface area contributed by atoms with E-state index in [0.717, 1.165) is 6.54 Å². The van der Waals surface area contributed by atoms with Crippen molar-refractivity contribution < 1.29 is 5.11 Å². The van der Waals surface area contributed by atoms with Crippen molar-refractivity contribution in [1.29, 1.82) is 0 Å². The number of hydrogen-bond acceptors (Lipinski definition) is 4. The van der Waals surface area contributed by atoms with Crippen LogP contribution in [0.25, 0.3) is 0 Å². The van der Waals surface area contributed by atoms with E-state index in [-0.39, 0.29) is 0 Å². The molecule has 3 N–H and O–H groups in total. The van der Waals surface area contributed by atoms with Gasteiger partial charge in [-0.3, -0.25) is 9.58 Å². The van der Waals surface area contributed by atoms with Gasteiger partial charge in [-0.25, -0.2) is 0 Å². The quantitative estimate of drug-likeness (QED) is 0.859. The molecule has 0 radical (unpaired) electrons. The number of nitrogens with two attached hydrogens (primary N) is 1. The van der Waals surface area contributed by atoms with Crippen molar-refractivity contribution in [2.24, 2.45) is 11.8 Å². The number of rotatable bonds is 4. The molecule has 1 aliphatic rings. The molecule has 0 aromatic carbocycles. The van der Waals surface area contributed by atoms with Crippen molar-refractivity contribution in [2.45, 2.75) is 45.9 Å². The summed E-state index contributed by atoms with van der Waals surface area (Å²) in [6.45, 7) is 9.13. The molecule has 4 unspecified atom stereocenters. The predicted octanol–water partition coefficient (Wildman–Crippen LogP) is 1.19. The first-order valence-electron chi connectivity index (χ1n) is 7.15. The first-order chi connectivity index (χ1) is 8.95. The van der Waals surface area contributed by atoms with E-state index in [1.807, 2.05) is 0 Å². The number of aliphatic hydroxyl groups is 1. The standard InChI is InChI=1S/C14H26N4O/c1-10-4-11(2)12(3)17(6-10)8-14(19)9-18-7-13(15)5-16-18/h5,7,10-12,14,19H,4,6,8-9,15H2,1-3H3. The topological polar surface area (TPSA) is 67.3 Å². The Morgan fingerprint density at radius 2 is 2.16 bits per heavy atom. The molecule has 1 aromatic heterocycles. The third-order valence-electron chi connectivity index (χ3n) is 4.22. The number of piperidine rings is 1. The van der Waals surface area contributed by atoms with Gasteiger partial charge in [-0.15, -0.1) is 0 Å². The van der Waals surface area contributed by atoms with Crippen molar-refractivity contribution in [2.75, 3.05) is 18.8 Å². The number of aromatic nitrogens is 2. The van der Waals surface area contributed by atoms with Crippen LogP contribution < -0.4 is 5.73 Å². The monoisotopic (exact) mass is 266 g/mol. The van der Waals surface area contributed by atoms with Crippen LogP contribution in [-0.2, 0) is 6.54 Å². The molecule has 0 spiro atoms. The van der Waals surface area contributed by atoms with Crippen LogP contribution in [0.4, 0.5) is 5.69 Å². The third-order valence-corrected chi connectivity index (χ3v) is 4.22. The minimum atomic E-state index is -0.403. The fourth-order valence-corrected chi connectivity index (χ4v) is 3.10. The Kier molecular flexibility index (Phi) is 4.47. The van der Waals surface area contributed by atoms with Gasteiger partial charge in [0.15, 0.2) is 0 Å². The Hall–Kier alpha value is -1.07. The number of hydrogen-bond donors (Lipinski definition) is 2. The smallest absolute Gasteiger partial charge is 0.0862 e. The minimum absolute atomic E-state index is 0.403. The summed E-state index contributed by atoms with van der Waals surface area (Å²) < 4.78 is 1.71. The molecule has 0 aliphatic carbocycles. The van der Waals surface area contributed by atoms with Gasteiger partial charge in [0.1, 0.15) is 0 Å². The van der Waals surface area contributed by atoms with Crippen molar-refractivity contribution >= 4 is 5.69 Å². The molecule has 5 heteroatoms. The Labute approximate surface area is 115 Å². The van der Waals surface area contributed by atoms with Gasteiger partial charge in [0.05, 0.1) is 24.5 Å². The van der Waals surface area contributed by atoms with Crippen LogP contribution in [-0.4, -0.2) is 45.0 Å². The van der Waals surface area contributed by atoms with Gasteiger partial charge in [-0.2, -0.15) is 5.10 Å². The van der Waals surface area contributed by atoms with Gasteiger partial charge in [0.2, 0.25) is 0 Å². The average Bonchev–Trinajstić information content (AvgIpc) is 2.70. The van der Waals surface area contributed by atoms with Crippen LogP contribution in [0.3, 0.4) is 0 Å². The van der Waals surface area contributed by atoms with Gasteiger partial charge in [0.25, 0.3) is 0 Å². The van der Waals surface area contributed by atoms with Crippen LogP contribution in [0.15, 0.2) is 12.4 Å². The van der Waals surface area contributed by atoms with E-state index in [1.54, 1.807) is 17.1 Å². The zero-order chi connectivity index (χ0) is 14.0. The zero-order valence-corrected chi connectivity index (χ0v) is 12.2. The van der Waals surface area contributed by atoms with Crippen molar-refractivity contribution in [1.82, 2.24) is 14.7 Å². The minimum Gasteiger partial charge on any atom is -0.396 e. The van der Waals surface area contributed by atoms with Crippen LogP contribution >= 0.6 is 0 Å². The van der Waals surface area contributed by atoms with E-state index in [4.69, 9.17) is 5.73 Å². The average molecular weight is 266 g/mol. The second kappa shape index (κ2) is 5.92. The summed E-state index contributed by atoms with van der Waals surface area (Å²) in [5, 5.41) is 14.3. The summed E-state index contributed by atoms with van der Waals surface area (Å²) in [6, 6.07) is 0.536. The molecule has 1 fully saturated rings. The molecule has 0 saturated carbocycles. The number of nitrogen functional groups attached to an aromatic ring is 1. The predicted molar refractivity (Wildman–Crippen MR) is 76.6 cm³/mol. The van der Waals surface area contributed by atoms with E-state index in [9.17, 15) is 5.11 Å². The van der Waals surface area contributed by atoms with Crippen molar-refractivity contribution in [3.63, 3.8) is 0 Å². The Morgan fingerprint density at radius 1 is 1.42 bits per heavy atom. The highest BCUT2D eigenvalue weighted by Crippen LogP contribution is 2.26.